The molecule has 3 aliphatic carbocycles. The van der Waals surface area contributed by atoms with E-state index in [1.165, 1.54) is 26.0 Å². The summed E-state index contributed by atoms with van der Waals surface area (Å²) in [6.45, 7) is -0.444. The van der Waals surface area contributed by atoms with Gasteiger partial charge in [0, 0.05) is 59.5 Å². The number of benzene rings is 2. The van der Waals surface area contributed by atoms with Crippen LogP contribution in [0.15, 0.2) is 42.5 Å². The fraction of sp³-hybridized carbons (Fsp3) is 0.467. The van der Waals surface area contributed by atoms with Crippen LogP contribution in [-0.2, 0) is 67.4 Å². The Labute approximate surface area is 425 Å². The molecule has 8 rings (SSSR count). The first-order valence-corrected chi connectivity index (χ1v) is 26.7. The van der Waals surface area contributed by atoms with Gasteiger partial charge in [-0.1, -0.05) is 23.7 Å². The Morgan fingerprint density at radius 1 is 0.960 bits per heavy atom. The number of hydrogen-bond acceptors (Lipinski definition) is 11. The number of carbonyl (C=O) groups excluding carboxylic acids is 2. The molecule has 0 spiro atoms. The number of anilines is 1. The van der Waals surface area contributed by atoms with Gasteiger partial charge in [0.25, 0.3) is 5.92 Å². The minimum atomic E-state index is -5.22. The molecule has 5 N–H and O–H groups in total. The average Bonchev–Trinajstić information content (AvgIpc) is 3.76. The Hall–Kier alpha value is -6.23. The number of ether oxygens (including phenoxy) is 1. The molecule has 0 bridgehead atoms. The van der Waals surface area contributed by atoms with Crippen molar-refractivity contribution in [2.75, 3.05) is 16.8 Å². The second-order valence-electron chi connectivity index (χ2n) is 19.4. The topological polar surface area (TPSA) is 237 Å². The number of nitrogens with two attached hydrogens (primary N) is 1. The molecule has 5 aromatic rings. The lowest BCUT2D eigenvalue weighted by atomic mass is 9.89. The number of aryl methyl sites for hydroxylation is 1. The van der Waals surface area contributed by atoms with Crippen molar-refractivity contribution in [3.63, 3.8) is 0 Å². The third-order valence-corrected chi connectivity index (χ3v) is 16.9. The molecule has 2 fully saturated rings. The molecule has 0 aliphatic heterocycles. The van der Waals surface area contributed by atoms with E-state index in [4.69, 9.17) is 32.5 Å². The van der Waals surface area contributed by atoms with Crippen LogP contribution < -0.4 is 20.7 Å². The number of pyridine rings is 1. The lowest BCUT2D eigenvalue weighted by molar-refractivity contribution is -0.143. The van der Waals surface area contributed by atoms with Crippen LogP contribution in [0.1, 0.15) is 85.4 Å². The molecule has 75 heavy (non-hydrogen) atoms. The summed E-state index contributed by atoms with van der Waals surface area (Å²) >= 11 is 6.68. The number of carbonyl (C=O) groups is 2. The molecule has 30 heteroatoms. The van der Waals surface area contributed by atoms with Gasteiger partial charge in [-0.25, -0.2) is 30.4 Å². The van der Waals surface area contributed by atoms with Gasteiger partial charge in [0.05, 0.1) is 38.7 Å². The van der Waals surface area contributed by atoms with Gasteiger partial charge in [-0.3, -0.25) is 24.6 Å². The van der Waals surface area contributed by atoms with Crippen molar-refractivity contribution in [1.82, 2.24) is 35.2 Å². The highest BCUT2D eigenvalue weighted by Crippen LogP contribution is 2.68. The Morgan fingerprint density at radius 3 is 2.19 bits per heavy atom. The second-order valence-corrected chi connectivity index (χ2v) is 24.3. The minimum absolute atomic E-state index is 0.0138. The number of sulfone groups is 1. The highest BCUT2D eigenvalue weighted by atomic mass is 35.5. The lowest BCUT2D eigenvalue weighted by Gasteiger charge is -2.35. The summed E-state index contributed by atoms with van der Waals surface area (Å²) < 4.78 is 205. The third-order valence-electron chi connectivity index (χ3n) is 13.3. The van der Waals surface area contributed by atoms with Crippen molar-refractivity contribution in [1.29, 1.82) is 5.41 Å². The molecule has 3 aliphatic rings. The van der Waals surface area contributed by atoms with Crippen LogP contribution in [0.4, 0.5) is 54.5 Å². The van der Waals surface area contributed by atoms with E-state index >= 15 is 8.78 Å². The number of fused-ring (bicyclic) bond motifs is 4. The van der Waals surface area contributed by atoms with Crippen LogP contribution >= 0.6 is 11.6 Å². The van der Waals surface area contributed by atoms with Crippen molar-refractivity contribution >= 4 is 66.1 Å². The highest BCUT2D eigenvalue weighted by molar-refractivity contribution is 7.92. The number of alkyl halides is 8. The Morgan fingerprint density at radius 2 is 1.60 bits per heavy atom. The zero-order valence-corrected chi connectivity index (χ0v) is 42.1. The van der Waals surface area contributed by atoms with E-state index in [9.17, 15) is 61.5 Å². The van der Waals surface area contributed by atoms with Crippen LogP contribution in [-0.4, -0.2) is 94.9 Å². The SMILES string of the molecule is CC(C)(CCc1ccc(-c2ccc(Cl)c3c(N(C(=O)O[C@H]4C[C@H](NC(=N)N)C4)S(C)(=O)=O)nn(CC(F)(F)F)c23)c([C@H](Cc2cc(F)cc(F)c2)NC(=O)Cn2nc(C(F)(F)F)c3c2C(F)(F)C2C[C@H]32)n1)S(C)(=O)=O. The molecular formula is C45H45ClF10N10O7S2. The van der Waals surface area contributed by atoms with Crippen LogP contribution in [0.5, 0.6) is 0 Å². The summed E-state index contributed by atoms with van der Waals surface area (Å²) in [5.41, 5.74) is 0.0732. The van der Waals surface area contributed by atoms with Crippen molar-refractivity contribution in [2.24, 2.45) is 11.7 Å². The van der Waals surface area contributed by atoms with Gasteiger partial charge in [0.2, 0.25) is 15.9 Å². The van der Waals surface area contributed by atoms with Gasteiger partial charge in [0.15, 0.2) is 27.3 Å². The van der Waals surface area contributed by atoms with E-state index < -0.39 is 161 Å². The fourth-order valence-corrected chi connectivity index (χ4v) is 10.9. The van der Waals surface area contributed by atoms with Crippen LogP contribution in [0.3, 0.4) is 0 Å². The van der Waals surface area contributed by atoms with Crippen molar-refractivity contribution < 1.29 is 75.1 Å². The summed E-state index contributed by atoms with van der Waals surface area (Å²) in [4.78, 5) is 32.7. The first kappa shape index (κ1) is 55.0. The second kappa shape index (κ2) is 19.1. The summed E-state index contributed by atoms with van der Waals surface area (Å²) in [6, 6.07) is 4.75. The average molecular weight is 1130 g/mol. The van der Waals surface area contributed by atoms with E-state index in [-0.39, 0.29) is 73.9 Å². The van der Waals surface area contributed by atoms with Crippen LogP contribution in [0.25, 0.3) is 22.0 Å². The summed E-state index contributed by atoms with van der Waals surface area (Å²) in [7, 11) is -8.60. The number of guanidine groups is 1. The Balaban J connectivity index is 1.31. The number of sulfonamides is 1. The maximum atomic E-state index is 15.6. The minimum Gasteiger partial charge on any atom is -0.445 e. The maximum Gasteiger partial charge on any atom is 0.435 e. The standard InChI is InChI=1S/C45H45ClF10N10O7S2/c1-42(2,74(3,69)70)10-9-23-5-6-26(27-7-8-30(46)34-36(27)65(19-43(49,50)51)63-39(34)66(75(4,71)72)41(68)73-25-15-24(16-25)60-40(57)58)35(59-23)31(13-20-11-21(47)14-22(48)12-20)61-32(67)18-64-38-33(37(62-64)45(54,55)56)28-17-29(28)44(38,52)53/h5-8,11-12,14,24-25,28-29,31H,9-10,13,15-19H2,1-4H3,(H,61,67)(H4,57,58,60)/t24-,25-,28-,29?,31-/m0/s1. The smallest absolute Gasteiger partial charge is 0.435 e. The number of hydrogen-bond donors (Lipinski definition) is 4. The number of nitrogens with one attached hydrogen (secondary N) is 3. The molecule has 1 unspecified atom stereocenters. The van der Waals surface area contributed by atoms with Gasteiger partial charge in [-0.2, -0.15) is 49.6 Å². The molecule has 3 heterocycles. The van der Waals surface area contributed by atoms with Crippen molar-refractivity contribution in [3.8, 4) is 11.1 Å². The molecule has 2 amide bonds. The van der Waals surface area contributed by atoms with E-state index in [2.05, 4.69) is 20.8 Å². The fourth-order valence-electron chi connectivity index (χ4n) is 9.39. The van der Waals surface area contributed by atoms with Crippen molar-refractivity contribution in [2.45, 2.75) is 113 Å². The number of halogens is 11. The Kier molecular flexibility index (Phi) is 14.0. The number of rotatable bonds is 16. The third kappa shape index (κ3) is 11.2. The monoisotopic (exact) mass is 1130 g/mol. The van der Waals surface area contributed by atoms with Gasteiger partial charge < -0.3 is 21.1 Å². The first-order chi connectivity index (χ1) is 34.5. The van der Waals surface area contributed by atoms with E-state index in [1.807, 2.05) is 0 Å². The quantitative estimate of drug-likeness (QED) is 0.0421. The zero-order valence-electron chi connectivity index (χ0n) is 39.7. The number of aromatic nitrogens is 5. The van der Waals surface area contributed by atoms with E-state index in [1.54, 1.807) is 0 Å². The molecule has 3 atom stereocenters. The molecule has 0 saturated heterocycles. The molecule has 17 nitrogen and oxygen atoms in total. The molecule has 406 valence electrons. The van der Waals surface area contributed by atoms with E-state index in [0.29, 0.717) is 12.3 Å². The number of nitrogens with zero attached hydrogens (tertiary/aromatic N) is 6. The highest BCUT2D eigenvalue weighted by Gasteiger charge is 2.68. The normalized spacial score (nSPS) is 19.7. The predicted molar refractivity (Wildman–Crippen MR) is 250 cm³/mol. The summed E-state index contributed by atoms with van der Waals surface area (Å²) in [6.07, 6.45) is -12.6. The van der Waals surface area contributed by atoms with E-state index in [0.717, 1.165) is 30.5 Å². The molecule has 2 aromatic carbocycles. The molecule has 0 radical (unpaired) electrons. The van der Waals surface area contributed by atoms with Gasteiger partial charge in [-0.05, 0) is 75.3 Å². The maximum absolute atomic E-state index is 15.6. The molecule has 3 aromatic heterocycles. The predicted octanol–water partition coefficient (Wildman–Crippen LogP) is 7.79. The first-order valence-electron chi connectivity index (χ1n) is 22.6. The van der Waals surface area contributed by atoms with Gasteiger partial charge in [-0.15, -0.1) is 0 Å². The number of amides is 2. The molecule has 2 saturated carbocycles. The van der Waals surface area contributed by atoms with Gasteiger partial charge in [0.1, 0.15) is 36.5 Å². The van der Waals surface area contributed by atoms with Crippen LogP contribution in [0, 0.1) is 23.0 Å². The Bertz CT molecular complexity index is 3360. The summed E-state index contributed by atoms with van der Waals surface area (Å²) in [5.74, 6) is -11.5. The summed E-state index contributed by atoms with van der Waals surface area (Å²) in [5, 5.41) is 18.8. The zero-order chi connectivity index (χ0) is 55.3. The largest absolute Gasteiger partial charge is 0.445 e. The molecular weight excluding hydrogens is 1080 g/mol. The van der Waals surface area contributed by atoms with Gasteiger partial charge >= 0.3 is 18.4 Å². The van der Waals surface area contributed by atoms with Crippen molar-refractivity contribution in [3.05, 3.63) is 93.0 Å². The lowest BCUT2D eigenvalue weighted by Crippen LogP contribution is -2.51. The van der Waals surface area contributed by atoms with Crippen LogP contribution in [0.2, 0.25) is 5.02 Å².